The van der Waals surface area contributed by atoms with Crippen molar-refractivity contribution in [2.75, 3.05) is 24.9 Å². The highest BCUT2D eigenvalue weighted by atomic mass is 16.5. The minimum atomic E-state index is -0.264. The first-order chi connectivity index (χ1) is 13.6. The molecule has 0 unspecified atom stereocenters. The Morgan fingerprint density at radius 2 is 1.71 bits per heavy atom. The van der Waals surface area contributed by atoms with Gasteiger partial charge < -0.3 is 20.1 Å². The quantitative estimate of drug-likeness (QED) is 0.643. The van der Waals surface area contributed by atoms with Crippen LogP contribution in [0.15, 0.2) is 60.8 Å². The maximum absolute atomic E-state index is 12.5. The van der Waals surface area contributed by atoms with Crippen molar-refractivity contribution in [3.05, 3.63) is 77.5 Å². The van der Waals surface area contributed by atoms with Crippen molar-refractivity contribution in [2.24, 2.45) is 0 Å². The van der Waals surface area contributed by atoms with Crippen molar-refractivity contribution in [2.45, 2.75) is 13.5 Å². The third-order valence-electron chi connectivity index (χ3n) is 4.36. The van der Waals surface area contributed by atoms with Crippen LogP contribution in [0.2, 0.25) is 0 Å². The highest BCUT2D eigenvalue weighted by Crippen LogP contribution is 2.23. The summed E-state index contributed by atoms with van der Waals surface area (Å²) in [5, 5.41) is 6.12. The number of pyridine rings is 1. The van der Waals surface area contributed by atoms with Gasteiger partial charge in [-0.15, -0.1) is 0 Å². The molecule has 0 spiro atoms. The Labute approximate surface area is 164 Å². The van der Waals surface area contributed by atoms with Crippen molar-refractivity contribution in [1.29, 1.82) is 0 Å². The Hall–Kier alpha value is -3.54. The van der Waals surface area contributed by atoms with E-state index in [-0.39, 0.29) is 5.91 Å². The second kappa shape index (κ2) is 8.90. The van der Waals surface area contributed by atoms with Gasteiger partial charge in [-0.25, -0.2) is 4.98 Å². The number of amides is 1. The highest BCUT2D eigenvalue weighted by molar-refractivity contribution is 6.04. The molecule has 1 heterocycles. The molecule has 0 saturated heterocycles. The molecule has 0 aliphatic carbocycles. The van der Waals surface area contributed by atoms with E-state index in [2.05, 4.69) is 34.7 Å². The largest absolute Gasteiger partial charge is 0.497 e. The first-order valence-electron chi connectivity index (χ1n) is 8.88. The van der Waals surface area contributed by atoms with Gasteiger partial charge in [-0.05, 0) is 42.3 Å². The van der Waals surface area contributed by atoms with Gasteiger partial charge in [-0.3, -0.25) is 4.79 Å². The van der Waals surface area contributed by atoms with Crippen LogP contribution in [-0.4, -0.2) is 25.1 Å². The lowest BCUT2D eigenvalue weighted by Crippen LogP contribution is -2.12. The lowest BCUT2D eigenvalue weighted by Gasteiger charge is -2.10. The van der Waals surface area contributed by atoms with Crippen LogP contribution in [0.5, 0.6) is 11.5 Å². The second-order valence-electron chi connectivity index (χ2n) is 6.27. The standard InChI is InChI=1S/C22H23N3O3/c1-15-6-4-5-7-16(15)13-23-21-9-8-18(14-24-21)25-22(26)17-10-19(27-2)12-20(11-17)28-3/h4-12,14H,13H2,1-3H3,(H,23,24)(H,25,26). The van der Waals surface area contributed by atoms with Crippen molar-refractivity contribution >= 4 is 17.4 Å². The van der Waals surface area contributed by atoms with E-state index in [4.69, 9.17) is 9.47 Å². The third-order valence-corrected chi connectivity index (χ3v) is 4.36. The van der Waals surface area contributed by atoms with Crippen LogP contribution < -0.4 is 20.1 Å². The number of carbonyl (C=O) groups is 1. The fraction of sp³-hybridized carbons (Fsp3) is 0.182. The van der Waals surface area contributed by atoms with E-state index in [1.807, 2.05) is 24.3 Å². The molecule has 0 fully saturated rings. The topological polar surface area (TPSA) is 72.5 Å². The number of ether oxygens (including phenoxy) is 2. The minimum absolute atomic E-state index is 0.264. The average Bonchev–Trinajstić information content (AvgIpc) is 2.73. The van der Waals surface area contributed by atoms with Crippen LogP contribution in [0.4, 0.5) is 11.5 Å². The molecule has 28 heavy (non-hydrogen) atoms. The summed E-state index contributed by atoms with van der Waals surface area (Å²) in [5.41, 5.74) is 3.49. The molecule has 1 amide bonds. The molecule has 6 heteroatoms. The molecule has 144 valence electrons. The van der Waals surface area contributed by atoms with Crippen LogP contribution >= 0.6 is 0 Å². The molecule has 6 nitrogen and oxygen atoms in total. The van der Waals surface area contributed by atoms with Crippen molar-refractivity contribution in [3.8, 4) is 11.5 Å². The molecular weight excluding hydrogens is 354 g/mol. The lowest BCUT2D eigenvalue weighted by atomic mass is 10.1. The van der Waals surface area contributed by atoms with Crippen molar-refractivity contribution in [3.63, 3.8) is 0 Å². The van der Waals surface area contributed by atoms with E-state index in [1.165, 1.54) is 11.1 Å². The Morgan fingerprint density at radius 3 is 2.32 bits per heavy atom. The molecule has 0 radical (unpaired) electrons. The number of benzene rings is 2. The van der Waals surface area contributed by atoms with Crippen LogP contribution in [0.25, 0.3) is 0 Å². The average molecular weight is 377 g/mol. The fourth-order valence-corrected chi connectivity index (χ4v) is 2.71. The number of carbonyl (C=O) groups excluding carboxylic acids is 1. The van der Waals surface area contributed by atoms with E-state index >= 15 is 0 Å². The van der Waals surface area contributed by atoms with E-state index < -0.39 is 0 Å². The number of methoxy groups -OCH3 is 2. The maximum Gasteiger partial charge on any atom is 0.255 e. The number of hydrogen-bond acceptors (Lipinski definition) is 5. The smallest absolute Gasteiger partial charge is 0.255 e. The summed E-state index contributed by atoms with van der Waals surface area (Å²) in [6, 6.07) is 16.9. The zero-order valence-electron chi connectivity index (χ0n) is 16.2. The van der Waals surface area contributed by atoms with Gasteiger partial charge >= 0.3 is 0 Å². The SMILES string of the molecule is COc1cc(OC)cc(C(=O)Nc2ccc(NCc3ccccc3C)nc2)c1. The number of nitrogens with one attached hydrogen (secondary N) is 2. The number of hydrogen-bond donors (Lipinski definition) is 2. The summed E-state index contributed by atoms with van der Waals surface area (Å²) in [6.07, 6.45) is 1.62. The summed E-state index contributed by atoms with van der Waals surface area (Å²) in [5.74, 6) is 1.58. The van der Waals surface area contributed by atoms with Gasteiger partial charge in [0.05, 0.1) is 26.1 Å². The number of rotatable bonds is 7. The first-order valence-corrected chi connectivity index (χ1v) is 8.88. The minimum Gasteiger partial charge on any atom is -0.497 e. The van der Waals surface area contributed by atoms with E-state index in [0.717, 1.165) is 5.82 Å². The van der Waals surface area contributed by atoms with Gasteiger partial charge in [0, 0.05) is 18.2 Å². The van der Waals surface area contributed by atoms with Crippen molar-refractivity contribution < 1.29 is 14.3 Å². The third kappa shape index (κ3) is 4.79. The summed E-state index contributed by atoms with van der Waals surface area (Å²) in [7, 11) is 3.09. The van der Waals surface area contributed by atoms with Gasteiger partial charge in [-0.1, -0.05) is 24.3 Å². The normalized spacial score (nSPS) is 10.2. The van der Waals surface area contributed by atoms with Crippen molar-refractivity contribution in [1.82, 2.24) is 4.98 Å². The van der Waals surface area contributed by atoms with Crippen LogP contribution in [0, 0.1) is 6.92 Å². The Balaban J connectivity index is 1.64. The fourth-order valence-electron chi connectivity index (χ4n) is 2.71. The molecule has 0 atom stereocenters. The molecule has 3 rings (SSSR count). The van der Waals surface area contributed by atoms with E-state index in [9.17, 15) is 4.79 Å². The molecular formula is C22H23N3O3. The molecule has 2 N–H and O–H groups in total. The summed E-state index contributed by atoms with van der Waals surface area (Å²) in [6.45, 7) is 2.77. The number of aryl methyl sites for hydroxylation is 1. The van der Waals surface area contributed by atoms with Crippen LogP contribution in [0.3, 0.4) is 0 Å². The summed E-state index contributed by atoms with van der Waals surface area (Å²) < 4.78 is 10.4. The number of aromatic nitrogens is 1. The van der Waals surface area contributed by atoms with Gasteiger partial charge in [0.25, 0.3) is 5.91 Å². The molecule has 0 bridgehead atoms. The molecule has 0 aliphatic rings. The molecule has 1 aromatic heterocycles. The zero-order valence-corrected chi connectivity index (χ0v) is 16.2. The van der Waals surface area contributed by atoms with Crippen LogP contribution in [-0.2, 0) is 6.54 Å². The molecule has 0 aliphatic heterocycles. The number of nitrogens with zero attached hydrogens (tertiary/aromatic N) is 1. The predicted octanol–water partition coefficient (Wildman–Crippen LogP) is 4.27. The van der Waals surface area contributed by atoms with Gasteiger partial charge in [0.15, 0.2) is 0 Å². The number of anilines is 2. The maximum atomic E-state index is 12.5. The second-order valence-corrected chi connectivity index (χ2v) is 6.27. The van der Waals surface area contributed by atoms with Gasteiger partial charge in [0.1, 0.15) is 17.3 Å². The van der Waals surface area contributed by atoms with E-state index in [1.54, 1.807) is 38.6 Å². The molecule has 3 aromatic rings. The zero-order chi connectivity index (χ0) is 19.9. The highest BCUT2D eigenvalue weighted by Gasteiger charge is 2.10. The lowest BCUT2D eigenvalue weighted by molar-refractivity contribution is 0.102. The Bertz CT molecular complexity index is 933. The molecule has 2 aromatic carbocycles. The van der Waals surface area contributed by atoms with Gasteiger partial charge in [0.2, 0.25) is 0 Å². The Morgan fingerprint density at radius 1 is 1.00 bits per heavy atom. The summed E-state index contributed by atoms with van der Waals surface area (Å²) >= 11 is 0. The summed E-state index contributed by atoms with van der Waals surface area (Å²) in [4.78, 5) is 16.9. The molecule has 0 saturated carbocycles. The Kier molecular flexibility index (Phi) is 6.11. The van der Waals surface area contributed by atoms with Gasteiger partial charge in [-0.2, -0.15) is 0 Å². The van der Waals surface area contributed by atoms with E-state index in [0.29, 0.717) is 29.3 Å². The monoisotopic (exact) mass is 377 g/mol. The van der Waals surface area contributed by atoms with Crippen LogP contribution in [0.1, 0.15) is 21.5 Å². The first kappa shape index (κ1) is 19.2. The predicted molar refractivity (Wildman–Crippen MR) is 110 cm³/mol.